The number of carbonyl (C=O) groups is 1. The summed E-state index contributed by atoms with van der Waals surface area (Å²) in [5.74, 6) is 0.432. The molecular formula is C15H12BrClO2. The topological polar surface area (TPSA) is 26.3 Å². The van der Waals surface area contributed by atoms with Crippen LogP contribution in [0.25, 0.3) is 0 Å². The zero-order chi connectivity index (χ0) is 13.8. The summed E-state index contributed by atoms with van der Waals surface area (Å²) in [4.78, 5) is 12.1. The van der Waals surface area contributed by atoms with E-state index in [4.69, 9.17) is 16.3 Å². The lowest BCUT2D eigenvalue weighted by Gasteiger charge is -2.15. The Bertz CT molecular complexity index is 584. The smallest absolute Gasteiger partial charge is 0.202 e. The third-order valence-corrected chi connectivity index (χ3v) is 3.41. The normalized spacial score (nSPS) is 11.9. The Hall–Kier alpha value is -1.32. The Morgan fingerprint density at radius 1 is 1.21 bits per heavy atom. The molecule has 0 bridgehead atoms. The summed E-state index contributed by atoms with van der Waals surface area (Å²) in [6, 6.07) is 14.3. The lowest BCUT2D eigenvalue weighted by atomic mass is 10.1. The highest BCUT2D eigenvalue weighted by Gasteiger charge is 2.17. The molecule has 0 unspecified atom stereocenters. The molecule has 0 saturated heterocycles. The maximum Gasteiger partial charge on any atom is 0.202 e. The van der Waals surface area contributed by atoms with Crippen molar-refractivity contribution in [1.29, 1.82) is 0 Å². The molecule has 0 radical (unpaired) electrons. The van der Waals surface area contributed by atoms with Gasteiger partial charge in [-0.2, -0.15) is 0 Å². The fourth-order valence-electron chi connectivity index (χ4n) is 1.65. The van der Waals surface area contributed by atoms with E-state index in [1.165, 1.54) is 0 Å². The highest BCUT2D eigenvalue weighted by atomic mass is 79.9. The van der Waals surface area contributed by atoms with Crippen LogP contribution in [0.15, 0.2) is 53.0 Å². The summed E-state index contributed by atoms with van der Waals surface area (Å²) in [7, 11) is 0. The van der Waals surface area contributed by atoms with E-state index in [0.717, 1.165) is 4.47 Å². The number of benzene rings is 2. The molecule has 0 aliphatic carbocycles. The average molecular weight is 340 g/mol. The molecule has 2 aromatic rings. The maximum absolute atomic E-state index is 12.1. The zero-order valence-electron chi connectivity index (χ0n) is 10.3. The van der Waals surface area contributed by atoms with E-state index in [0.29, 0.717) is 16.3 Å². The average Bonchev–Trinajstić information content (AvgIpc) is 2.42. The molecule has 2 nitrogen and oxygen atoms in total. The first-order chi connectivity index (χ1) is 9.08. The molecular weight excluding hydrogens is 328 g/mol. The van der Waals surface area contributed by atoms with Crippen molar-refractivity contribution in [2.45, 2.75) is 13.0 Å². The first kappa shape index (κ1) is 14.1. The standard InChI is InChI=1S/C15H12BrClO2/c1-10(15(18)11-5-3-2-4-6-11)19-14-8-7-12(16)9-13(14)17/h2-10H,1H3/t10-/m0/s1. The van der Waals surface area contributed by atoms with Crippen LogP contribution in [0.1, 0.15) is 17.3 Å². The first-order valence-corrected chi connectivity index (χ1v) is 6.96. The number of ether oxygens (including phenoxy) is 1. The molecule has 0 saturated carbocycles. The van der Waals surface area contributed by atoms with Crippen LogP contribution in [0.2, 0.25) is 5.02 Å². The highest BCUT2D eigenvalue weighted by molar-refractivity contribution is 9.10. The summed E-state index contributed by atoms with van der Waals surface area (Å²) in [5, 5.41) is 0.474. The van der Waals surface area contributed by atoms with Crippen molar-refractivity contribution in [3.05, 3.63) is 63.6 Å². The largest absolute Gasteiger partial charge is 0.481 e. The van der Waals surface area contributed by atoms with Crippen LogP contribution in [-0.2, 0) is 0 Å². The molecule has 0 spiro atoms. The number of hydrogen-bond donors (Lipinski definition) is 0. The Balaban J connectivity index is 2.13. The SMILES string of the molecule is C[C@H](Oc1ccc(Br)cc1Cl)C(=O)c1ccccc1. The van der Waals surface area contributed by atoms with E-state index in [1.54, 1.807) is 31.2 Å². The van der Waals surface area contributed by atoms with Gasteiger partial charge in [0.1, 0.15) is 5.75 Å². The third-order valence-electron chi connectivity index (χ3n) is 2.63. The maximum atomic E-state index is 12.1. The number of carbonyl (C=O) groups excluding carboxylic acids is 1. The summed E-state index contributed by atoms with van der Waals surface area (Å²) in [6.45, 7) is 1.72. The minimum absolute atomic E-state index is 0.0698. The number of ketones is 1. The Kier molecular flexibility index (Phi) is 4.61. The van der Waals surface area contributed by atoms with Gasteiger partial charge in [-0.3, -0.25) is 4.79 Å². The van der Waals surface area contributed by atoms with Crippen LogP contribution in [0, 0.1) is 0 Å². The van der Waals surface area contributed by atoms with Crippen molar-refractivity contribution in [2.24, 2.45) is 0 Å². The van der Waals surface area contributed by atoms with E-state index >= 15 is 0 Å². The molecule has 98 valence electrons. The van der Waals surface area contributed by atoms with Crippen molar-refractivity contribution in [2.75, 3.05) is 0 Å². The molecule has 0 amide bonds. The second-order valence-corrected chi connectivity index (χ2v) is 5.39. The van der Waals surface area contributed by atoms with Gasteiger partial charge in [0.05, 0.1) is 5.02 Å². The van der Waals surface area contributed by atoms with Gasteiger partial charge in [-0.25, -0.2) is 0 Å². The molecule has 2 aromatic carbocycles. The molecule has 2 rings (SSSR count). The predicted molar refractivity (Wildman–Crippen MR) is 80.0 cm³/mol. The van der Waals surface area contributed by atoms with Gasteiger partial charge in [-0.1, -0.05) is 57.9 Å². The van der Waals surface area contributed by atoms with Crippen LogP contribution in [0.4, 0.5) is 0 Å². The number of rotatable bonds is 4. The van der Waals surface area contributed by atoms with Crippen molar-refractivity contribution in [3.8, 4) is 5.75 Å². The molecule has 0 N–H and O–H groups in total. The van der Waals surface area contributed by atoms with Crippen molar-refractivity contribution >= 4 is 33.3 Å². The van der Waals surface area contributed by atoms with Gasteiger partial charge in [0.15, 0.2) is 6.10 Å². The zero-order valence-corrected chi connectivity index (χ0v) is 12.6. The van der Waals surface area contributed by atoms with Crippen molar-refractivity contribution in [1.82, 2.24) is 0 Å². The third kappa shape index (κ3) is 3.58. The van der Waals surface area contributed by atoms with Gasteiger partial charge in [-0.05, 0) is 25.1 Å². The fraction of sp³-hybridized carbons (Fsp3) is 0.133. The van der Waals surface area contributed by atoms with Crippen LogP contribution in [0.5, 0.6) is 5.75 Å². The van der Waals surface area contributed by atoms with E-state index in [9.17, 15) is 4.79 Å². The molecule has 0 aliphatic rings. The Morgan fingerprint density at radius 3 is 2.53 bits per heavy atom. The van der Waals surface area contributed by atoms with Gasteiger partial charge in [0.2, 0.25) is 5.78 Å². The molecule has 0 aromatic heterocycles. The van der Waals surface area contributed by atoms with Crippen molar-refractivity contribution < 1.29 is 9.53 Å². The van der Waals surface area contributed by atoms with Gasteiger partial charge in [0, 0.05) is 10.0 Å². The van der Waals surface area contributed by atoms with Gasteiger partial charge in [-0.15, -0.1) is 0 Å². The molecule has 19 heavy (non-hydrogen) atoms. The van der Waals surface area contributed by atoms with Gasteiger partial charge in [0.25, 0.3) is 0 Å². The molecule has 0 heterocycles. The minimum atomic E-state index is -0.582. The lowest BCUT2D eigenvalue weighted by molar-refractivity contribution is 0.0818. The van der Waals surface area contributed by atoms with E-state index < -0.39 is 6.10 Å². The van der Waals surface area contributed by atoms with Crippen LogP contribution in [0.3, 0.4) is 0 Å². The molecule has 1 atom stereocenters. The number of Topliss-reactive ketones (excluding diaryl/α,β-unsaturated/α-hetero) is 1. The highest BCUT2D eigenvalue weighted by Crippen LogP contribution is 2.28. The second-order valence-electron chi connectivity index (χ2n) is 4.07. The summed E-state index contributed by atoms with van der Waals surface area (Å²) < 4.78 is 6.48. The first-order valence-electron chi connectivity index (χ1n) is 5.79. The van der Waals surface area contributed by atoms with E-state index in [-0.39, 0.29) is 5.78 Å². The number of hydrogen-bond acceptors (Lipinski definition) is 2. The van der Waals surface area contributed by atoms with Crippen LogP contribution in [-0.4, -0.2) is 11.9 Å². The Morgan fingerprint density at radius 2 is 1.89 bits per heavy atom. The predicted octanol–water partition coefficient (Wildman–Crippen LogP) is 4.75. The summed E-state index contributed by atoms with van der Waals surface area (Å²) in [6.07, 6.45) is -0.582. The summed E-state index contributed by atoms with van der Waals surface area (Å²) in [5.41, 5.74) is 0.628. The fourth-order valence-corrected chi connectivity index (χ4v) is 2.37. The summed E-state index contributed by atoms with van der Waals surface area (Å²) >= 11 is 9.38. The van der Waals surface area contributed by atoms with Crippen molar-refractivity contribution in [3.63, 3.8) is 0 Å². The lowest BCUT2D eigenvalue weighted by Crippen LogP contribution is -2.23. The van der Waals surface area contributed by atoms with Gasteiger partial charge >= 0.3 is 0 Å². The number of halogens is 2. The molecule has 0 fully saturated rings. The van der Waals surface area contributed by atoms with Gasteiger partial charge < -0.3 is 4.74 Å². The second kappa shape index (κ2) is 6.22. The van der Waals surface area contributed by atoms with E-state index in [2.05, 4.69) is 15.9 Å². The van der Waals surface area contributed by atoms with Crippen LogP contribution >= 0.6 is 27.5 Å². The quantitative estimate of drug-likeness (QED) is 0.751. The van der Waals surface area contributed by atoms with Crippen LogP contribution < -0.4 is 4.74 Å². The Labute approximate surface area is 125 Å². The minimum Gasteiger partial charge on any atom is -0.481 e. The van der Waals surface area contributed by atoms with E-state index in [1.807, 2.05) is 24.3 Å². The monoisotopic (exact) mass is 338 g/mol. The molecule has 4 heteroatoms. The molecule has 0 aliphatic heterocycles.